The van der Waals surface area contributed by atoms with Crippen molar-refractivity contribution in [3.63, 3.8) is 0 Å². The van der Waals surface area contributed by atoms with Gasteiger partial charge in [0, 0.05) is 20.2 Å². The second-order valence-corrected chi connectivity index (χ2v) is 4.00. The molecule has 0 unspecified atom stereocenters. The van der Waals surface area contributed by atoms with E-state index in [1.54, 1.807) is 0 Å². The van der Waals surface area contributed by atoms with Crippen molar-refractivity contribution in [1.29, 1.82) is 5.26 Å². The number of amides is 1. The Morgan fingerprint density at radius 3 is 2.90 bits per heavy atom. The second-order valence-electron chi connectivity index (χ2n) is 4.00. The summed E-state index contributed by atoms with van der Waals surface area (Å²) in [7, 11) is 1.52. The first-order valence-electron chi connectivity index (χ1n) is 6.06. The van der Waals surface area contributed by atoms with Crippen molar-refractivity contribution in [1.82, 2.24) is 4.90 Å². The number of anilines is 1. The molecule has 0 heterocycles. The van der Waals surface area contributed by atoms with E-state index in [1.807, 2.05) is 6.07 Å². The van der Waals surface area contributed by atoms with E-state index in [0.29, 0.717) is 13.2 Å². The lowest BCUT2D eigenvalue weighted by Gasteiger charge is -2.22. The molecule has 0 aliphatic carbocycles. The van der Waals surface area contributed by atoms with Crippen LogP contribution in [0.4, 0.5) is 10.1 Å². The number of ether oxygens (including phenoxy) is 1. The van der Waals surface area contributed by atoms with E-state index in [-0.39, 0.29) is 24.2 Å². The third-order valence-electron chi connectivity index (χ3n) is 2.73. The van der Waals surface area contributed by atoms with Crippen molar-refractivity contribution in [2.45, 2.75) is 6.42 Å². The van der Waals surface area contributed by atoms with Crippen molar-refractivity contribution in [3.05, 3.63) is 29.6 Å². The number of hydrogen-bond acceptors (Lipinski definition) is 5. The molecule has 7 heteroatoms. The van der Waals surface area contributed by atoms with Gasteiger partial charge in [-0.25, -0.2) is 4.39 Å². The molecule has 6 nitrogen and oxygen atoms in total. The van der Waals surface area contributed by atoms with E-state index in [9.17, 15) is 9.18 Å². The first-order chi connectivity index (χ1) is 9.65. The fourth-order valence-corrected chi connectivity index (χ4v) is 1.72. The Balaban J connectivity index is 2.99. The molecule has 0 atom stereocenters. The molecular formula is C13H17FN4O2. The lowest BCUT2D eigenvalue weighted by molar-refractivity contribution is 0.0700. The van der Waals surface area contributed by atoms with E-state index in [1.165, 1.54) is 30.2 Å². The Morgan fingerprint density at radius 2 is 2.30 bits per heavy atom. The fourth-order valence-electron chi connectivity index (χ4n) is 1.72. The monoisotopic (exact) mass is 280 g/mol. The molecule has 3 N–H and O–H groups in total. The van der Waals surface area contributed by atoms with Crippen molar-refractivity contribution in [2.24, 2.45) is 5.84 Å². The lowest BCUT2D eigenvalue weighted by Crippen LogP contribution is -2.35. The number of methoxy groups -OCH3 is 1. The van der Waals surface area contributed by atoms with Crippen LogP contribution in [0.2, 0.25) is 0 Å². The van der Waals surface area contributed by atoms with Gasteiger partial charge < -0.3 is 15.1 Å². The van der Waals surface area contributed by atoms with Gasteiger partial charge in [-0.1, -0.05) is 6.07 Å². The minimum Gasteiger partial charge on any atom is -0.383 e. The number of nitrogen functional groups attached to an aromatic ring is 1. The summed E-state index contributed by atoms with van der Waals surface area (Å²) in [4.78, 5) is 13.8. The predicted molar refractivity (Wildman–Crippen MR) is 72.2 cm³/mol. The van der Waals surface area contributed by atoms with Crippen molar-refractivity contribution >= 4 is 11.6 Å². The van der Waals surface area contributed by atoms with E-state index in [0.717, 1.165) is 0 Å². The summed E-state index contributed by atoms with van der Waals surface area (Å²) in [6, 6.07) is 6.09. The van der Waals surface area contributed by atoms with Crippen molar-refractivity contribution < 1.29 is 13.9 Å². The van der Waals surface area contributed by atoms with Gasteiger partial charge in [0.05, 0.1) is 30.3 Å². The van der Waals surface area contributed by atoms with E-state index in [4.69, 9.17) is 15.8 Å². The number of nitrogens with one attached hydrogen (secondary N) is 1. The average Bonchev–Trinajstić information content (AvgIpc) is 2.46. The van der Waals surface area contributed by atoms with E-state index in [2.05, 4.69) is 5.43 Å². The molecule has 0 saturated heterocycles. The van der Waals surface area contributed by atoms with Crippen LogP contribution in [0.15, 0.2) is 18.2 Å². The van der Waals surface area contributed by atoms with Crippen LogP contribution in [0.5, 0.6) is 0 Å². The number of halogens is 1. The molecule has 0 bridgehead atoms. The molecule has 1 amide bonds. The highest BCUT2D eigenvalue weighted by Gasteiger charge is 2.20. The molecule has 20 heavy (non-hydrogen) atoms. The summed E-state index contributed by atoms with van der Waals surface area (Å²) >= 11 is 0. The number of carbonyl (C=O) groups is 1. The van der Waals surface area contributed by atoms with Crippen molar-refractivity contribution in [2.75, 3.05) is 32.2 Å². The molecule has 0 spiro atoms. The number of hydrazine groups is 1. The largest absolute Gasteiger partial charge is 0.383 e. The Labute approximate surface area is 116 Å². The lowest BCUT2D eigenvalue weighted by atomic mass is 10.1. The summed E-state index contributed by atoms with van der Waals surface area (Å²) < 4.78 is 18.5. The second kappa shape index (κ2) is 8.09. The summed E-state index contributed by atoms with van der Waals surface area (Å²) in [6.07, 6.45) is 0.191. The zero-order valence-electron chi connectivity index (χ0n) is 11.2. The average molecular weight is 280 g/mol. The predicted octanol–water partition coefficient (Wildman–Crippen LogP) is 1.11. The van der Waals surface area contributed by atoms with Crippen LogP contribution in [0.1, 0.15) is 16.8 Å². The Morgan fingerprint density at radius 1 is 1.55 bits per heavy atom. The zero-order chi connectivity index (χ0) is 15.0. The molecule has 0 fully saturated rings. The van der Waals surface area contributed by atoms with Gasteiger partial charge in [-0.15, -0.1) is 0 Å². The first-order valence-corrected chi connectivity index (χ1v) is 6.06. The smallest absolute Gasteiger partial charge is 0.256 e. The Hall–Kier alpha value is -2.17. The summed E-state index contributed by atoms with van der Waals surface area (Å²) in [6.45, 7) is 0.897. The van der Waals surface area contributed by atoms with Gasteiger partial charge in [0.1, 0.15) is 5.82 Å². The number of para-hydroxylation sites is 1. The van der Waals surface area contributed by atoms with Crippen LogP contribution in [0.3, 0.4) is 0 Å². The number of benzene rings is 1. The first kappa shape index (κ1) is 15.9. The highest BCUT2D eigenvalue weighted by Crippen LogP contribution is 2.20. The van der Waals surface area contributed by atoms with Crippen LogP contribution < -0.4 is 11.3 Å². The maximum atomic E-state index is 13.6. The normalized spacial score (nSPS) is 9.90. The van der Waals surface area contributed by atoms with Crippen LogP contribution in [-0.4, -0.2) is 37.6 Å². The zero-order valence-corrected chi connectivity index (χ0v) is 11.2. The highest BCUT2D eigenvalue weighted by atomic mass is 19.1. The maximum absolute atomic E-state index is 13.6. The molecule has 0 saturated carbocycles. The van der Waals surface area contributed by atoms with Crippen LogP contribution in [0, 0.1) is 17.1 Å². The van der Waals surface area contributed by atoms with Gasteiger partial charge in [-0.3, -0.25) is 10.6 Å². The highest BCUT2D eigenvalue weighted by molar-refractivity contribution is 5.99. The van der Waals surface area contributed by atoms with Gasteiger partial charge in [-0.05, 0) is 12.1 Å². The molecule has 1 aromatic rings. The number of carbonyl (C=O) groups excluding carboxylic acids is 1. The van der Waals surface area contributed by atoms with Crippen LogP contribution >= 0.6 is 0 Å². The van der Waals surface area contributed by atoms with Gasteiger partial charge in [0.25, 0.3) is 5.91 Å². The topological polar surface area (TPSA) is 91.4 Å². The molecule has 0 aromatic heterocycles. The van der Waals surface area contributed by atoms with Crippen LogP contribution in [0.25, 0.3) is 0 Å². The Bertz CT molecular complexity index is 502. The van der Waals surface area contributed by atoms with Gasteiger partial charge in [-0.2, -0.15) is 5.26 Å². The molecule has 0 radical (unpaired) electrons. The van der Waals surface area contributed by atoms with Gasteiger partial charge in [0.2, 0.25) is 0 Å². The van der Waals surface area contributed by atoms with Crippen molar-refractivity contribution in [3.8, 4) is 6.07 Å². The fraction of sp³-hybridized carbons (Fsp3) is 0.385. The minimum atomic E-state index is -0.606. The molecule has 1 rings (SSSR count). The number of rotatable bonds is 7. The van der Waals surface area contributed by atoms with E-state index >= 15 is 0 Å². The summed E-state index contributed by atoms with van der Waals surface area (Å²) in [5, 5.41) is 8.63. The molecule has 0 aliphatic rings. The quantitative estimate of drug-likeness (QED) is 0.576. The Kier molecular flexibility index (Phi) is 6.43. The number of nitrogens with two attached hydrogens (primary N) is 1. The minimum absolute atomic E-state index is 0.0584. The van der Waals surface area contributed by atoms with Gasteiger partial charge >= 0.3 is 0 Å². The van der Waals surface area contributed by atoms with Gasteiger partial charge in [0.15, 0.2) is 0 Å². The standard InChI is InChI=1S/C13H17FN4O2/c1-20-9-8-18(7-3-6-15)13(19)10-4-2-5-11(14)12(10)17-16/h2,4-5,17H,3,7-9,16H2,1H3. The third kappa shape index (κ3) is 3.91. The van der Waals surface area contributed by atoms with Crippen LogP contribution in [-0.2, 0) is 4.74 Å². The summed E-state index contributed by atoms with van der Waals surface area (Å²) in [5.41, 5.74) is 2.26. The summed E-state index contributed by atoms with van der Waals surface area (Å²) in [5.74, 6) is 4.25. The number of nitrogens with zero attached hydrogens (tertiary/aromatic N) is 2. The van der Waals surface area contributed by atoms with E-state index < -0.39 is 11.7 Å². The number of hydrogen-bond donors (Lipinski definition) is 2. The third-order valence-corrected chi connectivity index (χ3v) is 2.73. The SMILES string of the molecule is COCCN(CCC#N)C(=O)c1cccc(F)c1NN. The molecule has 108 valence electrons. The maximum Gasteiger partial charge on any atom is 0.256 e. The molecule has 1 aromatic carbocycles. The molecular weight excluding hydrogens is 263 g/mol. The molecule has 0 aliphatic heterocycles. The number of nitriles is 1.